The maximum absolute atomic E-state index is 12.2. The Hall–Kier alpha value is -2.87. The first-order chi connectivity index (χ1) is 14.1. The SMILES string of the molecule is O=C(CCc1ccccc1)NNC(=O)c1ccc(COc2ccc(I)cc2)cc1. The highest BCUT2D eigenvalue weighted by Crippen LogP contribution is 2.15. The lowest BCUT2D eigenvalue weighted by molar-refractivity contribution is -0.121. The Morgan fingerprint density at radius 2 is 1.48 bits per heavy atom. The molecule has 3 rings (SSSR count). The number of hydrogen-bond donors (Lipinski definition) is 2. The number of nitrogens with one attached hydrogen (secondary N) is 2. The molecule has 0 aliphatic heterocycles. The molecular weight excluding hydrogens is 479 g/mol. The standard InChI is InChI=1S/C23H21IN2O3/c24-20-11-13-21(14-12-20)29-16-18-6-9-19(10-7-18)23(28)26-25-22(27)15-8-17-4-2-1-3-5-17/h1-7,9-14H,8,15-16H2,(H,25,27)(H,26,28). The van der Waals surface area contributed by atoms with Crippen molar-refractivity contribution >= 4 is 34.4 Å². The first kappa shape index (κ1) is 20.9. The third-order valence-electron chi connectivity index (χ3n) is 4.23. The van der Waals surface area contributed by atoms with Crippen LogP contribution in [-0.4, -0.2) is 11.8 Å². The van der Waals surface area contributed by atoms with Gasteiger partial charge in [-0.05, 0) is 76.5 Å². The lowest BCUT2D eigenvalue weighted by Crippen LogP contribution is -2.41. The fourth-order valence-corrected chi connectivity index (χ4v) is 2.97. The summed E-state index contributed by atoms with van der Waals surface area (Å²) in [5.74, 6) is 0.207. The summed E-state index contributed by atoms with van der Waals surface area (Å²) >= 11 is 2.24. The molecule has 0 aromatic heterocycles. The first-order valence-electron chi connectivity index (χ1n) is 9.20. The van der Waals surface area contributed by atoms with Gasteiger partial charge < -0.3 is 4.74 Å². The predicted octanol–water partition coefficient (Wildman–Crippen LogP) is 4.26. The largest absolute Gasteiger partial charge is 0.489 e. The van der Waals surface area contributed by atoms with Crippen LogP contribution in [0.2, 0.25) is 0 Å². The first-order valence-corrected chi connectivity index (χ1v) is 10.3. The van der Waals surface area contributed by atoms with Gasteiger partial charge in [-0.3, -0.25) is 20.4 Å². The second-order valence-electron chi connectivity index (χ2n) is 6.43. The normalized spacial score (nSPS) is 10.2. The number of aryl methyl sites for hydroxylation is 1. The molecule has 0 bridgehead atoms. The molecule has 3 aromatic carbocycles. The van der Waals surface area contributed by atoms with Crippen molar-refractivity contribution < 1.29 is 14.3 Å². The van der Waals surface area contributed by atoms with Gasteiger partial charge in [0.1, 0.15) is 12.4 Å². The van der Waals surface area contributed by atoms with Crippen LogP contribution in [-0.2, 0) is 17.8 Å². The van der Waals surface area contributed by atoms with Crippen molar-refractivity contribution in [2.75, 3.05) is 0 Å². The van der Waals surface area contributed by atoms with Crippen molar-refractivity contribution in [3.05, 3.63) is 99.1 Å². The van der Waals surface area contributed by atoms with Gasteiger partial charge in [-0.1, -0.05) is 42.5 Å². The van der Waals surface area contributed by atoms with Crippen LogP contribution in [0.15, 0.2) is 78.9 Å². The fourth-order valence-electron chi connectivity index (χ4n) is 2.61. The number of carbonyl (C=O) groups excluding carboxylic acids is 2. The molecule has 5 nitrogen and oxygen atoms in total. The molecule has 0 aliphatic rings. The smallest absolute Gasteiger partial charge is 0.269 e. The van der Waals surface area contributed by atoms with Crippen molar-refractivity contribution in [3.8, 4) is 5.75 Å². The minimum Gasteiger partial charge on any atom is -0.489 e. The van der Waals surface area contributed by atoms with E-state index in [0.29, 0.717) is 25.0 Å². The van der Waals surface area contributed by atoms with Gasteiger partial charge in [-0.2, -0.15) is 0 Å². The highest BCUT2D eigenvalue weighted by molar-refractivity contribution is 14.1. The maximum Gasteiger partial charge on any atom is 0.269 e. The van der Waals surface area contributed by atoms with Crippen LogP contribution in [0.25, 0.3) is 0 Å². The second kappa shape index (κ2) is 10.6. The maximum atomic E-state index is 12.2. The van der Waals surface area contributed by atoms with Crippen molar-refractivity contribution in [2.45, 2.75) is 19.4 Å². The average Bonchev–Trinajstić information content (AvgIpc) is 2.76. The van der Waals surface area contributed by atoms with Gasteiger partial charge in [0.15, 0.2) is 0 Å². The summed E-state index contributed by atoms with van der Waals surface area (Å²) < 4.78 is 6.88. The molecule has 2 N–H and O–H groups in total. The van der Waals surface area contributed by atoms with Crippen molar-refractivity contribution in [3.63, 3.8) is 0 Å². The van der Waals surface area contributed by atoms with Gasteiger partial charge in [0.2, 0.25) is 5.91 Å². The lowest BCUT2D eigenvalue weighted by atomic mass is 10.1. The Morgan fingerprint density at radius 1 is 0.793 bits per heavy atom. The Kier molecular flexibility index (Phi) is 7.63. The third kappa shape index (κ3) is 6.90. The topological polar surface area (TPSA) is 67.4 Å². The second-order valence-corrected chi connectivity index (χ2v) is 7.67. The molecule has 0 aliphatic carbocycles. The fraction of sp³-hybridized carbons (Fsp3) is 0.130. The van der Waals surface area contributed by atoms with Crippen molar-refractivity contribution in [1.29, 1.82) is 0 Å². The minimum atomic E-state index is -0.358. The molecule has 29 heavy (non-hydrogen) atoms. The van der Waals surface area contributed by atoms with Crippen molar-refractivity contribution in [1.82, 2.24) is 10.9 Å². The van der Waals surface area contributed by atoms with Crippen LogP contribution in [0.4, 0.5) is 0 Å². The highest BCUT2D eigenvalue weighted by Gasteiger charge is 2.08. The number of rotatable bonds is 7. The van der Waals surface area contributed by atoms with Crippen molar-refractivity contribution in [2.24, 2.45) is 0 Å². The minimum absolute atomic E-state index is 0.232. The third-order valence-corrected chi connectivity index (χ3v) is 4.95. The molecule has 0 heterocycles. The summed E-state index contributed by atoms with van der Waals surface area (Å²) in [5.41, 5.74) is 7.40. The molecule has 0 spiro atoms. The molecule has 3 aromatic rings. The zero-order valence-corrected chi connectivity index (χ0v) is 17.9. The Morgan fingerprint density at radius 3 is 2.17 bits per heavy atom. The number of halogens is 1. The highest BCUT2D eigenvalue weighted by atomic mass is 127. The molecule has 0 unspecified atom stereocenters. The molecule has 0 saturated heterocycles. The molecule has 0 atom stereocenters. The monoisotopic (exact) mass is 500 g/mol. The van der Waals surface area contributed by atoms with E-state index in [-0.39, 0.29) is 11.8 Å². The summed E-state index contributed by atoms with van der Waals surface area (Å²) in [5, 5.41) is 0. The Bertz CT molecular complexity index is 942. The molecule has 0 saturated carbocycles. The zero-order valence-electron chi connectivity index (χ0n) is 15.7. The van der Waals surface area contributed by atoms with Crippen LogP contribution in [0.1, 0.15) is 27.9 Å². The number of ether oxygens (including phenoxy) is 1. The summed E-state index contributed by atoms with van der Waals surface area (Å²) in [4.78, 5) is 24.1. The van der Waals surface area contributed by atoms with Gasteiger partial charge in [-0.25, -0.2) is 0 Å². The number of carbonyl (C=O) groups is 2. The van der Waals surface area contributed by atoms with Gasteiger partial charge in [0.05, 0.1) is 0 Å². The van der Waals surface area contributed by atoms with E-state index in [2.05, 4.69) is 33.4 Å². The van der Waals surface area contributed by atoms with E-state index in [1.807, 2.05) is 66.7 Å². The van der Waals surface area contributed by atoms with Crippen LogP contribution in [0, 0.1) is 3.57 Å². The number of benzene rings is 3. The number of hydrogen-bond acceptors (Lipinski definition) is 3. The van der Waals surface area contributed by atoms with Gasteiger partial charge in [0, 0.05) is 15.6 Å². The predicted molar refractivity (Wildman–Crippen MR) is 120 cm³/mol. The molecule has 6 heteroatoms. The molecule has 148 valence electrons. The summed E-state index contributed by atoms with van der Waals surface area (Å²) in [6.07, 6.45) is 0.927. The van der Waals surface area contributed by atoms with Crippen LogP contribution >= 0.6 is 22.6 Å². The van der Waals surface area contributed by atoms with E-state index in [1.54, 1.807) is 12.1 Å². The zero-order chi connectivity index (χ0) is 20.5. The van der Waals surface area contributed by atoms with E-state index < -0.39 is 0 Å². The molecule has 0 radical (unpaired) electrons. The van der Waals surface area contributed by atoms with Crippen LogP contribution in [0.5, 0.6) is 5.75 Å². The Balaban J connectivity index is 1.42. The van der Waals surface area contributed by atoms with Gasteiger partial charge in [-0.15, -0.1) is 0 Å². The van der Waals surface area contributed by atoms with E-state index in [0.717, 1.165) is 20.4 Å². The van der Waals surface area contributed by atoms with Gasteiger partial charge >= 0.3 is 0 Å². The summed E-state index contributed by atoms with van der Waals surface area (Å²) in [6, 6.07) is 24.6. The summed E-state index contributed by atoms with van der Waals surface area (Å²) in [7, 11) is 0. The van der Waals surface area contributed by atoms with Crippen LogP contribution < -0.4 is 15.6 Å². The number of amides is 2. The number of hydrazine groups is 1. The van der Waals surface area contributed by atoms with E-state index in [4.69, 9.17) is 4.74 Å². The van der Waals surface area contributed by atoms with E-state index >= 15 is 0 Å². The van der Waals surface area contributed by atoms with E-state index in [1.165, 1.54) is 0 Å². The molecule has 0 fully saturated rings. The van der Waals surface area contributed by atoms with E-state index in [9.17, 15) is 9.59 Å². The molecule has 2 amide bonds. The van der Waals surface area contributed by atoms with Crippen LogP contribution in [0.3, 0.4) is 0 Å². The summed E-state index contributed by atoms with van der Waals surface area (Å²) in [6.45, 7) is 0.415. The van der Waals surface area contributed by atoms with Gasteiger partial charge in [0.25, 0.3) is 5.91 Å². The quantitative estimate of drug-likeness (QED) is 0.377. The molecular formula is C23H21IN2O3. The Labute approximate surface area is 183 Å². The lowest BCUT2D eigenvalue weighted by Gasteiger charge is -2.09. The average molecular weight is 500 g/mol.